The zero-order chi connectivity index (χ0) is 11.3. The number of aliphatic hydroxyl groups excluding tert-OH is 1. The molecule has 2 atom stereocenters. The van der Waals surface area contributed by atoms with E-state index in [9.17, 15) is 4.79 Å². The Kier molecular flexibility index (Phi) is 5.05. The van der Waals surface area contributed by atoms with Crippen LogP contribution in [0.2, 0.25) is 0 Å². The number of aliphatic hydroxyl groups is 1. The molecule has 0 radical (unpaired) electrons. The lowest BCUT2D eigenvalue weighted by molar-refractivity contribution is -0.122. The molecular formula is C11H22N2O2. The normalized spacial score (nSPS) is 24.1. The monoisotopic (exact) mass is 214 g/mol. The summed E-state index contributed by atoms with van der Waals surface area (Å²) in [4.78, 5) is 13.7. The number of carbonyl (C=O) groups excluding carboxylic acids is 1. The van der Waals surface area contributed by atoms with Crippen molar-refractivity contribution >= 4 is 5.91 Å². The van der Waals surface area contributed by atoms with Gasteiger partial charge in [-0.15, -0.1) is 0 Å². The molecular weight excluding hydrogens is 192 g/mol. The molecule has 0 aromatic rings. The van der Waals surface area contributed by atoms with Crippen LogP contribution in [0.15, 0.2) is 0 Å². The minimum Gasteiger partial charge on any atom is -0.396 e. The predicted molar refractivity (Wildman–Crippen MR) is 59.5 cm³/mol. The van der Waals surface area contributed by atoms with Crippen LogP contribution in [0, 0.1) is 5.92 Å². The van der Waals surface area contributed by atoms with Gasteiger partial charge in [0.2, 0.25) is 5.91 Å². The summed E-state index contributed by atoms with van der Waals surface area (Å²) in [7, 11) is 0. The van der Waals surface area contributed by atoms with Crippen molar-refractivity contribution in [3.8, 4) is 0 Å². The van der Waals surface area contributed by atoms with E-state index in [1.165, 1.54) is 0 Å². The molecule has 0 aromatic carbocycles. The highest BCUT2D eigenvalue weighted by atomic mass is 16.3. The van der Waals surface area contributed by atoms with Crippen LogP contribution in [0.4, 0.5) is 0 Å². The second kappa shape index (κ2) is 6.08. The zero-order valence-corrected chi connectivity index (χ0v) is 9.70. The van der Waals surface area contributed by atoms with Crippen LogP contribution in [0.25, 0.3) is 0 Å². The van der Waals surface area contributed by atoms with E-state index in [-0.39, 0.29) is 18.6 Å². The largest absolute Gasteiger partial charge is 0.396 e. The highest BCUT2D eigenvalue weighted by molar-refractivity contribution is 5.78. The molecule has 1 aliphatic rings. The standard InChI is InChI=1S/C11H22N2O2/c1-3-9(2)12-11(15)7-13-5-4-10(6-13)8-14/h9-10,14H,3-8H2,1-2H3,(H,12,15)/t9-,10+/m0/s1. The fraction of sp³-hybridized carbons (Fsp3) is 0.909. The molecule has 0 saturated carbocycles. The Balaban J connectivity index is 2.21. The molecule has 1 aliphatic heterocycles. The summed E-state index contributed by atoms with van der Waals surface area (Å²) in [5, 5.41) is 11.9. The van der Waals surface area contributed by atoms with Gasteiger partial charge in [0, 0.05) is 19.2 Å². The van der Waals surface area contributed by atoms with E-state index in [0.29, 0.717) is 12.5 Å². The van der Waals surface area contributed by atoms with Gasteiger partial charge < -0.3 is 10.4 Å². The first-order valence-electron chi connectivity index (χ1n) is 5.78. The number of carbonyl (C=O) groups is 1. The van der Waals surface area contributed by atoms with Gasteiger partial charge in [-0.05, 0) is 32.2 Å². The Labute approximate surface area is 91.6 Å². The van der Waals surface area contributed by atoms with Crippen LogP contribution in [-0.4, -0.2) is 48.2 Å². The van der Waals surface area contributed by atoms with Gasteiger partial charge in [0.05, 0.1) is 6.54 Å². The average molecular weight is 214 g/mol. The summed E-state index contributed by atoms with van der Waals surface area (Å²) < 4.78 is 0. The molecule has 1 amide bonds. The first-order valence-corrected chi connectivity index (χ1v) is 5.78. The van der Waals surface area contributed by atoms with E-state index >= 15 is 0 Å². The lowest BCUT2D eigenvalue weighted by Crippen LogP contribution is -2.40. The molecule has 0 bridgehead atoms. The third kappa shape index (κ3) is 4.18. The third-order valence-corrected chi connectivity index (χ3v) is 3.02. The van der Waals surface area contributed by atoms with Crippen molar-refractivity contribution in [2.24, 2.45) is 5.92 Å². The fourth-order valence-electron chi connectivity index (χ4n) is 1.83. The Hall–Kier alpha value is -0.610. The SMILES string of the molecule is CC[C@H](C)NC(=O)CN1CC[C@@H](CO)C1. The number of rotatable bonds is 5. The average Bonchev–Trinajstić information content (AvgIpc) is 2.65. The third-order valence-electron chi connectivity index (χ3n) is 3.02. The summed E-state index contributed by atoms with van der Waals surface area (Å²) in [5.74, 6) is 0.462. The summed E-state index contributed by atoms with van der Waals surface area (Å²) in [5.41, 5.74) is 0. The van der Waals surface area contributed by atoms with Crippen molar-refractivity contribution in [3.05, 3.63) is 0 Å². The van der Waals surface area contributed by atoms with Crippen molar-refractivity contribution < 1.29 is 9.90 Å². The van der Waals surface area contributed by atoms with Gasteiger partial charge in [0.25, 0.3) is 0 Å². The number of hydrogen-bond donors (Lipinski definition) is 2. The lowest BCUT2D eigenvalue weighted by Gasteiger charge is -2.17. The molecule has 0 aromatic heterocycles. The van der Waals surface area contributed by atoms with Gasteiger partial charge in [-0.1, -0.05) is 6.92 Å². The molecule has 4 heteroatoms. The molecule has 0 spiro atoms. The molecule has 1 saturated heterocycles. The molecule has 0 unspecified atom stereocenters. The highest BCUT2D eigenvalue weighted by Crippen LogP contribution is 2.14. The second-order valence-corrected chi connectivity index (χ2v) is 4.45. The van der Waals surface area contributed by atoms with Crippen LogP contribution in [0.5, 0.6) is 0 Å². The number of hydrogen-bond acceptors (Lipinski definition) is 3. The van der Waals surface area contributed by atoms with Gasteiger partial charge in [-0.3, -0.25) is 9.69 Å². The van der Waals surface area contributed by atoms with Gasteiger partial charge in [-0.25, -0.2) is 0 Å². The van der Waals surface area contributed by atoms with Gasteiger partial charge in [0.1, 0.15) is 0 Å². The Morgan fingerprint density at radius 2 is 2.40 bits per heavy atom. The quantitative estimate of drug-likeness (QED) is 0.688. The van der Waals surface area contributed by atoms with Crippen LogP contribution < -0.4 is 5.32 Å². The van der Waals surface area contributed by atoms with Crippen LogP contribution in [-0.2, 0) is 4.79 Å². The molecule has 1 heterocycles. The van der Waals surface area contributed by atoms with Gasteiger partial charge in [0.15, 0.2) is 0 Å². The topological polar surface area (TPSA) is 52.6 Å². The van der Waals surface area contributed by atoms with Crippen molar-refractivity contribution in [1.29, 1.82) is 0 Å². The Morgan fingerprint density at radius 3 is 2.93 bits per heavy atom. The minimum absolute atomic E-state index is 0.0999. The number of nitrogens with zero attached hydrogens (tertiary/aromatic N) is 1. The lowest BCUT2D eigenvalue weighted by atomic mass is 10.1. The zero-order valence-electron chi connectivity index (χ0n) is 9.70. The Morgan fingerprint density at radius 1 is 1.67 bits per heavy atom. The summed E-state index contributed by atoms with van der Waals surface area (Å²) in [6.45, 7) is 6.56. The second-order valence-electron chi connectivity index (χ2n) is 4.45. The molecule has 1 rings (SSSR count). The van der Waals surface area contributed by atoms with E-state index in [0.717, 1.165) is 25.9 Å². The van der Waals surface area contributed by atoms with Gasteiger partial charge >= 0.3 is 0 Å². The number of nitrogens with one attached hydrogen (secondary N) is 1. The molecule has 88 valence electrons. The van der Waals surface area contributed by atoms with Gasteiger partial charge in [-0.2, -0.15) is 0 Å². The number of likely N-dealkylation sites (tertiary alicyclic amines) is 1. The van der Waals surface area contributed by atoms with Crippen LogP contribution in [0.1, 0.15) is 26.7 Å². The van der Waals surface area contributed by atoms with E-state index in [1.54, 1.807) is 0 Å². The maximum absolute atomic E-state index is 11.5. The van der Waals surface area contributed by atoms with Crippen LogP contribution >= 0.6 is 0 Å². The highest BCUT2D eigenvalue weighted by Gasteiger charge is 2.23. The summed E-state index contributed by atoms with van der Waals surface area (Å²) >= 11 is 0. The van der Waals surface area contributed by atoms with Crippen molar-refractivity contribution in [2.45, 2.75) is 32.7 Å². The van der Waals surface area contributed by atoms with E-state index in [1.807, 2.05) is 6.92 Å². The van der Waals surface area contributed by atoms with Crippen molar-refractivity contribution in [1.82, 2.24) is 10.2 Å². The molecule has 0 aliphatic carbocycles. The van der Waals surface area contributed by atoms with Crippen LogP contribution in [0.3, 0.4) is 0 Å². The molecule has 1 fully saturated rings. The van der Waals surface area contributed by atoms with E-state index in [4.69, 9.17) is 5.11 Å². The smallest absolute Gasteiger partial charge is 0.234 e. The predicted octanol–water partition coefficient (Wildman–Crippen LogP) is 0.215. The maximum Gasteiger partial charge on any atom is 0.234 e. The number of amides is 1. The fourth-order valence-corrected chi connectivity index (χ4v) is 1.83. The summed E-state index contributed by atoms with van der Waals surface area (Å²) in [6, 6.07) is 0.258. The van der Waals surface area contributed by atoms with E-state index in [2.05, 4.69) is 17.1 Å². The molecule has 4 nitrogen and oxygen atoms in total. The maximum atomic E-state index is 11.5. The first-order chi connectivity index (χ1) is 7.15. The first kappa shape index (κ1) is 12.5. The van der Waals surface area contributed by atoms with Crippen molar-refractivity contribution in [3.63, 3.8) is 0 Å². The molecule has 15 heavy (non-hydrogen) atoms. The molecule has 2 N–H and O–H groups in total. The van der Waals surface area contributed by atoms with Crippen molar-refractivity contribution in [2.75, 3.05) is 26.2 Å². The minimum atomic E-state index is 0.0999. The Bertz CT molecular complexity index is 209. The van der Waals surface area contributed by atoms with E-state index < -0.39 is 0 Å². The summed E-state index contributed by atoms with van der Waals surface area (Å²) in [6.07, 6.45) is 1.97.